The van der Waals surface area contributed by atoms with E-state index in [1.165, 1.54) is 16.2 Å². The predicted molar refractivity (Wildman–Crippen MR) is 96.6 cm³/mol. The summed E-state index contributed by atoms with van der Waals surface area (Å²) in [6.45, 7) is 0.472. The Bertz CT molecular complexity index is 647. The van der Waals surface area contributed by atoms with Crippen LogP contribution in [0, 0.1) is 0 Å². The van der Waals surface area contributed by atoms with Crippen molar-refractivity contribution in [2.24, 2.45) is 0 Å². The molecule has 1 unspecified atom stereocenters. The summed E-state index contributed by atoms with van der Waals surface area (Å²) < 4.78 is 6.26. The number of amides is 1. The van der Waals surface area contributed by atoms with Gasteiger partial charge in [-0.15, -0.1) is 22.7 Å². The van der Waals surface area contributed by atoms with Gasteiger partial charge in [0.2, 0.25) is 5.91 Å². The monoisotopic (exact) mass is 369 g/mol. The molecule has 3 rings (SSSR count). The summed E-state index contributed by atoms with van der Waals surface area (Å²) in [6, 6.07) is 7.93. The van der Waals surface area contributed by atoms with Crippen molar-refractivity contribution in [3.63, 3.8) is 0 Å². The summed E-state index contributed by atoms with van der Waals surface area (Å²) in [4.78, 5) is 15.2. The van der Waals surface area contributed by atoms with Crippen molar-refractivity contribution < 1.29 is 9.53 Å². The first-order chi connectivity index (χ1) is 11.2. The zero-order valence-electron chi connectivity index (χ0n) is 13.0. The van der Waals surface area contributed by atoms with E-state index in [2.05, 4.69) is 11.4 Å². The minimum Gasteiger partial charge on any atom is -0.374 e. The average Bonchev–Trinajstić information content (AvgIpc) is 3.29. The Balaban J connectivity index is 1.70. The number of ether oxygens (including phenoxy) is 1. The summed E-state index contributed by atoms with van der Waals surface area (Å²) >= 11 is 9.17. The Morgan fingerprint density at radius 1 is 1.39 bits per heavy atom. The molecule has 1 atom stereocenters. The van der Waals surface area contributed by atoms with Crippen LogP contribution in [-0.2, 0) is 14.9 Å². The van der Waals surface area contributed by atoms with Gasteiger partial charge < -0.3 is 10.1 Å². The molecule has 0 aromatic carbocycles. The minimum absolute atomic E-state index is 0.127. The van der Waals surface area contributed by atoms with Crippen LogP contribution in [-0.4, -0.2) is 19.6 Å². The van der Waals surface area contributed by atoms with Gasteiger partial charge in [0, 0.05) is 23.4 Å². The third-order valence-electron chi connectivity index (χ3n) is 4.53. The van der Waals surface area contributed by atoms with Crippen LogP contribution >= 0.6 is 34.3 Å². The highest BCUT2D eigenvalue weighted by molar-refractivity contribution is 7.16. The first kappa shape index (κ1) is 17.0. The zero-order valence-corrected chi connectivity index (χ0v) is 15.4. The molecule has 0 aliphatic heterocycles. The van der Waals surface area contributed by atoms with Crippen molar-refractivity contribution in [1.29, 1.82) is 0 Å². The predicted octanol–water partition coefficient (Wildman–Crippen LogP) is 4.78. The molecular weight excluding hydrogens is 350 g/mol. The molecule has 1 aliphatic carbocycles. The molecule has 1 saturated carbocycles. The number of carbonyl (C=O) groups excluding carboxylic acids is 1. The number of rotatable bonds is 6. The molecule has 0 bridgehead atoms. The van der Waals surface area contributed by atoms with E-state index in [-0.39, 0.29) is 17.4 Å². The molecule has 6 heteroatoms. The quantitative estimate of drug-likeness (QED) is 0.795. The molecule has 0 spiro atoms. The first-order valence-electron chi connectivity index (χ1n) is 7.76. The van der Waals surface area contributed by atoms with E-state index in [1.54, 1.807) is 18.4 Å². The van der Waals surface area contributed by atoms with Crippen LogP contribution in [0.25, 0.3) is 0 Å². The Kier molecular flexibility index (Phi) is 5.42. The van der Waals surface area contributed by atoms with Crippen LogP contribution in [0.4, 0.5) is 0 Å². The molecule has 0 saturated heterocycles. The maximum atomic E-state index is 12.9. The third kappa shape index (κ3) is 3.48. The maximum absolute atomic E-state index is 12.9. The summed E-state index contributed by atoms with van der Waals surface area (Å²) in [6.07, 6.45) is 3.93. The van der Waals surface area contributed by atoms with Gasteiger partial charge in [-0.05, 0) is 36.4 Å². The fraction of sp³-hybridized carbons (Fsp3) is 0.471. The van der Waals surface area contributed by atoms with E-state index in [4.69, 9.17) is 16.3 Å². The van der Waals surface area contributed by atoms with Crippen LogP contribution in [0.3, 0.4) is 0 Å². The van der Waals surface area contributed by atoms with Gasteiger partial charge in [0.15, 0.2) is 0 Å². The molecule has 0 radical (unpaired) electrons. The molecule has 2 aromatic rings. The molecule has 2 heterocycles. The van der Waals surface area contributed by atoms with Crippen LogP contribution in [0.15, 0.2) is 29.6 Å². The van der Waals surface area contributed by atoms with Crippen molar-refractivity contribution in [3.8, 4) is 0 Å². The van der Waals surface area contributed by atoms with Gasteiger partial charge in [-0.1, -0.05) is 30.5 Å². The van der Waals surface area contributed by atoms with Crippen molar-refractivity contribution in [2.75, 3.05) is 13.7 Å². The largest absolute Gasteiger partial charge is 0.374 e. The SMILES string of the molecule is COC(CNC(=O)C1(c2cccs2)CCCC1)c1ccc(Cl)s1. The highest BCUT2D eigenvalue weighted by Crippen LogP contribution is 2.43. The molecule has 1 fully saturated rings. The standard InChI is InChI=1S/C17H20ClNO2S2/c1-21-12(13-6-7-15(18)23-13)11-19-16(20)17(8-2-3-9-17)14-5-4-10-22-14/h4-7,10,12H,2-3,8-9,11H2,1H3,(H,19,20). The van der Waals surface area contributed by atoms with Crippen molar-refractivity contribution in [1.82, 2.24) is 5.32 Å². The van der Waals surface area contributed by atoms with Crippen molar-refractivity contribution >= 4 is 40.2 Å². The molecular formula is C17H20ClNO2S2. The molecule has 1 aliphatic rings. The first-order valence-corrected chi connectivity index (χ1v) is 9.83. The Hall–Kier alpha value is -0.880. The van der Waals surface area contributed by atoms with Gasteiger partial charge in [0.1, 0.15) is 6.10 Å². The van der Waals surface area contributed by atoms with Gasteiger partial charge >= 0.3 is 0 Å². The van der Waals surface area contributed by atoms with Gasteiger partial charge in [-0.3, -0.25) is 4.79 Å². The zero-order chi connectivity index (χ0) is 16.3. The molecule has 2 aromatic heterocycles. The Morgan fingerprint density at radius 2 is 2.17 bits per heavy atom. The lowest BCUT2D eigenvalue weighted by Crippen LogP contribution is -2.43. The van der Waals surface area contributed by atoms with Gasteiger partial charge in [-0.2, -0.15) is 0 Å². The molecule has 23 heavy (non-hydrogen) atoms. The Labute approximate surface area is 149 Å². The number of halogens is 1. The fourth-order valence-electron chi connectivity index (χ4n) is 3.27. The minimum atomic E-state index is -0.348. The van der Waals surface area contributed by atoms with E-state index < -0.39 is 0 Å². The van der Waals surface area contributed by atoms with Crippen LogP contribution in [0.5, 0.6) is 0 Å². The molecule has 1 amide bonds. The lowest BCUT2D eigenvalue weighted by atomic mass is 9.83. The van der Waals surface area contributed by atoms with Gasteiger partial charge in [0.25, 0.3) is 0 Å². The molecule has 124 valence electrons. The summed E-state index contributed by atoms with van der Waals surface area (Å²) in [5.74, 6) is 0.127. The second kappa shape index (κ2) is 7.34. The Morgan fingerprint density at radius 3 is 2.74 bits per heavy atom. The van der Waals surface area contributed by atoms with Crippen LogP contribution < -0.4 is 5.32 Å². The number of hydrogen-bond acceptors (Lipinski definition) is 4. The van der Waals surface area contributed by atoms with E-state index >= 15 is 0 Å². The van der Waals surface area contributed by atoms with Crippen LogP contribution in [0.1, 0.15) is 41.5 Å². The maximum Gasteiger partial charge on any atom is 0.231 e. The molecule has 1 N–H and O–H groups in total. The third-order valence-corrected chi connectivity index (χ3v) is 6.93. The lowest BCUT2D eigenvalue weighted by molar-refractivity contribution is -0.127. The number of nitrogens with one attached hydrogen (secondary N) is 1. The second-order valence-corrected chi connectivity index (χ2v) is 8.54. The summed E-state index contributed by atoms with van der Waals surface area (Å²) in [5, 5.41) is 5.17. The van der Waals surface area contributed by atoms with Crippen LogP contribution in [0.2, 0.25) is 4.34 Å². The normalized spacial score (nSPS) is 18.0. The number of carbonyl (C=O) groups is 1. The smallest absolute Gasteiger partial charge is 0.231 e. The molecule has 3 nitrogen and oxygen atoms in total. The summed E-state index contributed by atoms with van der Waals surface area (Å²) in [7, 11) is 1.66. The van der Waals surface area contributed by atoms with E-state index in [1.807, 2.05) is 23.6 Å². The van der Waals surface area contributed by atoms with E-state index in [0.717, 1.165) is 34.9 Å². The number of hydrogen-bond donors (Lipinski definition) is 1. The van der Waals surface area contributed by atoms with E-state index in [0.29, 0.717) is 6.54 Å². The topological polar surface area (TPSA) is 38.3 Å². The van der Waals surface area contributed by atoms with E-state index in [9.17, 15) is 4.79 Å². The average molecular weight is 370 g/mol. The van der Waals surface area contributed by atoms with Gasteiger partial charge in [0.05, 0.1) is 9.75 Å². The number of methoxy groups -OCH3 is 1. The van der Waals surface area contributed by atoms with Crippen molar-refractivity contribution in [3.05, 3.63) is 43.7 Å². The highest BCUT2D eigenvalue weighted by atomic mass is 35.5. The highest BCUT2D eigenvalue weighted by Gasteiger charge is 2.43. The second-order valence-electron chi connectivity index (χ2n) is 5.84. The van der Waals surface area contributed by atoms with Crippen molar-refractivity contribution in [2.45, 2.75) is 37.2 Å². The fourth-order valence-corrected chi connectivity index (χ4v) is 5.39. The summed E-state index contributed by atoms with van der Waals surface area (Å²) in [5.41, 5.74) is -0.348. The number of thiophene rings is 2. The lowest BCUT2D eigenvalue weighted by Gasteiger charge is -2.27. The van der Waals surface area contributed by atoms with Gasteiger partial charge in [-0.25, -0.2) is 0 Å².